The monoisotopic (exact) mass is 644 g/mol. The molecule has 0 bridgehead atoms. The minimum atomic E-state index is -4.50. The van der Waals surface area contributed by atoms with Crippen molar-refractivity contribution in [2.45, 2.75) is 57.5 Å². The second-order valence-corrected chi connectivity index (χ2v) is 11.8. The van der Waals surface area contributed by atoms with E-state index in [1.807, 2.05) is 13.0 Å². The topological polar surface area (TPSA) is 216 Å². The van der Waals surface area contributed by atoms with E-state index < -0.39 is 62.2 Å². The summed E-state index contributed by atoms with van der Waals surface area (Å²) >= 11 is 0. The van der Waals surface area contributed by atoms with Crippen LogP contribution in [0.25, 0.3) is 5.52 Å². The number of para-hydroxylation sites is 1. The maximum absolute atomic E-state index is 14.1. The fourth-order valence-electron chi connectivity index (χ4n) is 4.74. The zero-order valence-corrected chi connectivity index (χ0v) is 25.9. The molecular formula is C28H33N6O10P. The maximum Gasteiger partial charge on any atom is 0.459 e. The zero-order valence-electron chi connectivity index (χ0n) is 25.0. The van der Waals surface area contributed by atoms with Gasteiger partial charge in [-0.1, -0.05) is 25.1 Å². The number of nitrogens with zero attached hydrogens (tertiary/aromatic N) is 4. The summed E-state index contributed by atoms with van der Waals surface area (Å²) in [6, 6.07) is 11.8. The molecule has 2 aromatic heterocycles. The molecule has 0 saturated carbocycles. The average molecular weight is 645 g/mol. The van der Waals surface area contributed by atoms with Gasteiger partial charge in [0.2, 0.25) is 11.2 Å². The summed E-state index contributed by atoms with van der Waals surface area (Å²) in [7, 11) is -4.50. The van der Waals surface area contributed by atoms with Crippen LogP contribution in [-0.4, -0.2) is 70.1 Å². The van der Waals surface area contributed by atoms with Crippen molar-refractivity contribution in [1.29, 1.82) is 5.26 Å². The van der Waals surface area contributed by atoms with Crippen molar-refractivity contribution in [3.8, 4) is 11.8 Å². The quantitative estimate of drug-likeness (QED) is 0.155. The second-order valence-electron chi connectivity index (χ2n) is 10.1. The average Bonchev–Trinajstić information content (AvgIpc) is 3.56. The number of anilines is 1. The first kappa shape index (κ1) is 33.3. The van der Waals surface area contributed by atoms with Gasteiger partial charge in [0.25, 0.3) is 0 Å². The fourth-order valence-corrected chi connectivity index (χ4v) is 6.26. The van der Waals surface area contributed by atoms with E-state index in [1.54, 1.807) is 24.3 Å². The molecule has 16 nitrogen and oxygen atoms in total. The summed E-state index contributed by atoms with van der Waals surface area (Å²) in [5.41, 5.74) is 2.28. The highest BCUT2D eigenvalue weighted by Crippen LogP contribution is 2.50. The number of aromatic nitrogens is 3. The van der Waals surface area contributed by atoms with Gasteiger partial charge in [-0.2, -0.15) is 15.4 Å². The summed E-state index contributed by atoms with van der Waals surface area (Å²) in [6.07, 6.45) is 0.0368. The summed E-state index contributed by atoms with van der Waals surface area (Å²) in [5.74, 6) is -2.17. The van der Waals surface area contributed by atoms with E-state index in [1.165, 1.54) is 36.0 Å². The number of benzene rings is 1. The van der Waals surface area contributed by atoms with Crippen molar-refractivity contribution in [3.05, 3.63) is 54.5 Å². The smallest absolute Gasteiger partial charge is 0.459 e. The van der Waals surface area contributed by atoms with E-state index in [2.05, 4.69) is 15.2 Å². The second kappa shape index (κ2) is 13.6. The van der Waals surface area contributed by atoms with Crippen LogP contribution in [0.4, 0.5) is 5.82 Å². The van der Waals surface area contributed by atoms with Gasteiger partial charge in [0.15, 0.2) is 11.9 Å². The molecule has 0 amide bonds. The molecule has 0 unspecified atom stereocenters. The molecule has 240 valence electrons. The Kier molecular flexibility index (Phi) is 10.1. The highest BCUT2D eigenvalue weighted by atomic mass is 31.2. The first-order valence-corrected chi connectivity index (χ1v) is 15.4. The van der Waals surface area contributed by atoms with Crippen molar-refractivity contribution < 1.29 is 46.9 Å². The van der Waals surface area contributed by atoms with E-state index in [9.17, 15) is 24.2 Å². The van der Waals surface area contributed by atoms with Crippen LogP contribution >= 0.6 is 7.75 Å². The standard InChI is InChI=1S/C28H33N6O10P/c1-5-13-39-25(37)18(2)33-45(38,44-21-9-7-6-8-10-21)41-15-27(14-29)26(42-19(3)35)28(16-40-27,43-20(4)36)23-12-11-22-24(30)31-17-32-34(22)23/h6-12,17-18,26H,5,13,15-16H2,1-4H3,(H,33,38)(H2,30,31,32)/t18-,26+,27+,28-,45-/m0/s1. The first-order valence-electron chi connectivity index (χ1n) is 13.8. The van der Waals surface area contributed by atoms with Gasteiger partial charge in [0.05, 0.1) is 18.9 Å². The van der Waals surface area contributed by atoms with Crippen LogP contribution in [0.1, 0.15) is 39.8 Å². The van der Waals surface area contributed by atoms with Crippen LogP contribution in [0, 0.1) is 11.3 Å². The third-order valence-corrected chi connectivity index (χ3v) is 8.30. The van der Waals surface area contributed by atoms with Gasteiger partial charge in [-0.3, -0.25) is 18.9 Å². The molecule has 1 aliphatic heterocycles. The van der Waals surface area contributed by atoms with Gasteiger partial charge in [0, 0.05) is 13.8 Å². The first-order chi connectivity index (χ1) is 21.4. The number of fused-ring (bicyclic) bond motifs is 1. The van der Waals surface area contributed by atoms with E-state index >= 15 is 0 Å². The minimum absolute atomic E-state index is 0.101. The summed E-state index contributed by atoms with van der Waals surface area (Å²) in [5, 5.41) is 17.2. The van der Waals surface area contributed by atoms with E-state index in [0.717, 1.165) is 13.8 Å². The SMILES string of the molecule is CCCOC(=O)[C@H](C)N[P@](=O)(OC[C@@]1(C#N)OC[C@](OC(C)=O)(c2ccc3c(N)ncnn23)[C@@H]1OC(C)=O)Oc1ccccc1. The number of hydrogen-bond donors (Lipinski definition) is 2. The Hall–Kier alpha value is -4.55. The van der Waals surface area contributed by atoms with Gasteiger partial charge in [-0.15, -0.1) is 0 Å². The van der Waals surface area contributed by atoms with E-state index in [4.69, 9.17) is 33.7 Å². The minimum Gasteiger partial charge on any atom is -0.465 e. The van der Waals surface area contributed by atoms with Gasteiger partial charge in [-0.25, -0.2) is 14.1 Å². The normalized spacial score (nSPS) is 23.0. The highest BCUT2D eigenvalue weighted by Gasteiger charge is 2.67. The lowest BCUT2D eigenvalue weighted by atomic mass is 9.85. The predicted octanol–water partition coefficient (Wildman–Crippen LogP) is 2.43. The molecule has 17 heteroatoms. The van der Waals surface area contributed by atoms with Crippen molar-refractivity contribution in [2.24, 2.45) is 0 Å². The van der Waals surface area contributed by atoms with Crippen molar-refractivity contribution >= 4 is 37.0 Å². The number of rotatable bonds is 13. The summed E-state index contributed by atoms with van der Waals surface area (Å²) < 4.78 is 49.4. The number of hydrogen-bond acceptors (Lipinski definition) is 14. The lowest BCUT2D eigenvalue weighted by Gasteiger charge is -2.36. The number of nitrogens with one attached hydrogen (secondary N) is 1. The number of nitrogen functional groups attached to an aromatic ring is 1. The van der Waals surface area contributed by atoms with Crippen LogP contribution in [0.15, 0.2) is 48.8 Å². The number of nitriles is 1. The van der Waals surface area contributed by atoms with Crippen LogP contribution in [0.5, 0.6) is 5.75 Å². The molecule has 1 aliphatic rings. The highest BCUT2D eigenvalue weighted by molar-refractivity contribution is 7.52. The Labute approximate surface area is 258 Å². The number of esters is 3. The van der Waals surface area contributed by atoms with Crippen molar-refractivity contribution in [1.82, 2.24) is 19.7 Å². The maximum atomic E-state index is 14.1. The van der Waals surface area contributed by atoms with Crippen LogP contribution in [0.3, 0.4) is 0 Å². The fraction of sp³-hybridized carbons (Fsp3) is 0.429. The van der Waals surface area contributed by atoms with Gasteiger partial charge < -0.3 is 29.2 Å². The molecule has 1 fully saturated rings. The Morgan fingerprint density at radius 3 is 2.60 bits per heavy atom. The van der Waals surface area contributed by atoms with Gasteiger partial charge in [-0.05, 0) is 37.6 Å². The van der Waals surface area contributed by atoms with Crippen molar-refractivity contribution in [2.75, 3.05) is 25.6 Å². The molecular weight excluding hydrogens is 611 g/mol. The van der Waals surface area contributed by atoms with Crippen LogP contribution in [0.2, 0.25) is 0 Å². The molecule has 3 heterocycles. The molecule has 0 radical (unpaired) electrons. The molecule has 5 atom stereocenters. The third-order valence-electron chi connectivity index (χ3n) is 6.68. The zero-order chi connectivity index (χ0) is 32.8. The molecule has 1 saturated heterocycles. The molecule has 45 heavy (non-hydrogen) atoms. The van der Waals surface area contributed by atoms with Crippen LogP contribution in [-0.2, 0) is 48.0 Å². The number of nitrogens with two attached hydrogens (primary N) is 1. The largest absolute Gasteiger partial charge is 0.465 e. The molecule has 3 aromatic rings. The van der Waals surface area contributed by atoms with Gasteiger partial charge in [0.1, 0.15) is 36.3 Å². The molecule has 3 N–H and O–H groups in total. The molecule has 0 aliphatic carbocycles. The van der Waals surface area contributed by atoms with Crippen LogP contribution < -0.4 is 15.3 Å². The molecule has 1 aromatic carbocycles. The Balaban J connectivity index is 1.75. The summed E-state index contributed by atoms with van der Waals surface area (Å²) in [6.45, 7) is 4.19. The predicted molar refractivity (Wildman–Crippen MR) is 155 cm³/mol. The number of ether oxygens (including phenoxy) is 4. The van der Waals surface area contributed by atoms with E-state index in [0.29, 0.717) is 11.9 Å². The lowest BCUT2D eigenvalue weighted by Crippen LogP contribution is -2.54. The molecule has 4 rings (SSSR count). The Morgan fingerprint density at radius 2 is 1.96 bits per heavy atom. The van der Waals surface area contributed by atoms with E-state index in [-0.39, 0.29) is 23.9 Å². The van der Waals surface area contributed by atoms with Crippen molar-refractivity contribution in [3.63, 3.8) is 0 Å². The third kappa shape index (κ3) is 7.07. The lowest BCUT2D eigenvalue weighted by molar-refractivity contribution is -0.184. The molecule has 0 spiro atoms. The Bertz CT molecular complexity index is 1650. The number of carbonyl (C=O) groups excluding carboxylic acids is 3. The Morgan fingerprint density at radius 1 is 1.22 bits per heavy atom. The number of carbonyl (C=O) groups is 3. The van der Waals surface area contributed by atoms with Gasteiger partial charge >= 0.3 is 25.7 Å². The summed E-state index contributed by atoms with van der Waals surface area (Å²) in [4.78, 5) is 41.4.